The first kappa shape index (κ1) is 22.4. The third-order valence-electron chi connectivity index (χ3n) is 4.61. The molecule has 164 valence electrons. The Balaban J connectivity index is 1.44. The number of fused-ring (bicyclic) bond motifs is 1. The van der Waals surface area contributed by atoms with Crippen LogP contribution in [-0.2, 0) is 14.8 Å². The average molecular weight is 485 g/mol. The van der Waals surface area contributed by atoms with Gasteiger partial charge in [0.2, 0.25) is 15.9 Å². The van der Waals surface area contributed by atoms with E-state index in [2.05, 4.69) is 21.4 Å². The largest absolute Gasteiger partial charge is 0.325 e. The van der Waals surface area contributed by atoms with Gasteiger partial charge in [0, 0.05) is 30.0 Å². The summed E-state index contributed by atoms with van der Waals surface area (Å²) in [6.07, 6.45) is 1.51. The molecule has 4 rings (SSSR count). The molecule has 1 N–H and O–H groups in total. The van der Waals surface area contributed by atoms with E-state index in [1.165, 1.54) is 44.3 Å². The minimum absolute atomic E-state index is 0.167. The van der Waals surface area contributed by atoms with Gasteiger partial charge < -0.3 is 5.32 Å². The quantitative estimate of drug-likeness (QED) is 0.310. The second-order valence-electron chi connectivity index (χ2n) is 7.02. The van der Waals surface area contributed by atoms with Crippen molar-refractivity contribution in [2.75, 3.05) is 25.2 Å². The zero-order valence-corrected chi connectivity index (χ0v) is 19.8. The molecule has 4 aromatic rings. The molecule has 0 radical (unpaired) electrons. The van der Waals surface area contributed by atoms with E-state index in [0.29, 0.717) is 5.69 Å². The van der Waals surface area contributed by atoms with Gasteiger partial charge in [0.05, 0.1) is 10.6 Å². The van der Waals surface area contributed by atoms with E-state index < -0.39 is 10.0 Å². The summed E-state index contributed by atoms with van der Waals surface area (Å²) in [5.74, 6) is -0.0381. The molecule has 0 saturated heterocycles. The van der Waals surface area contributed by atoms with E-state index in [-0.39, 0.29) is 16.6 Å². The molecule has 0 aliphatic rings. The smallest absolute Gasteiger partial charge is 0.242 e. The average Bonchev–Trinajstić information content (AvgIpc) is 3.23. The lowest BCUT2D eigenvalue weighted by Gasteiger charge is -2.12. The number of sulfonamides is 1. The van der Waals surface area contributed by atoms with Crippen molar-refractivity contribution in [1.29, 1.82) is 0 Å². The van der Waals surface area contributed by atoms with Gasteiger partial charge in [0.25, 0.3) is 0 Å². The number of carbonyl (C=O) groups is 1. The van der Waals surface area contributed by atoms with Gasteiger partial charge in [-0.15, -0.1) is 11.3 Å². The van der Waals surface area contributed by atoms with E-state index in [0.717, 1.165) is 30.0 Å². The number of hydrogen-bond donors (Lipinski definition) is 1. The fraction of sp³-hybridized carbons (Fsp3) is 0.136. The molecule has 32 heavy (non-hydrogen) atoms. The van der Waals surface area contributed by atoms with E-state index in [1.807, 2.05) is 30.3 Å². The summed E-state index contributed by atoms with van der Waals surface area (Å²) >= 11 is 2.93. The van der Waals surface area contributed by atoms with Crippen LogP contribution in [0.5, 0.6) is 0 Å². The standard InChI is InChI=1S/C22H20N4O3S3/c1-26(2)32(28,29)17-10-8-16(9-11-17)25-20(27)13-30-21-18-12-19(15-6-4-3-5-7-15)31-22(18)24-14-23-21/h3-12,14H,13H2,1-2H3,(H,25,27). The Morgan fingerprint density at radius 2 is 1.78 bits per heavy atom. The second kappa shape index (κ2) is 9.37. The highest BCUT2D eigenvalue weighted by molar-refractivity contribution is 8.00. The summed E-state index contributed by atoms with van der Waals surface area (Å²) in [5, 5.41) is 4.46. The molecule has 0 bridgehead atoms. The third kappa shape index (κ3) is 4.83. The minimum Gasteiger partial charge on any atom is -0.325 e. The molecule has 2 heterocycles. The van der Waals surface area contributed by atoms with Crippen LogP contribution in [0.15, 0.2) is 76.9 Å². The number of anilines is 1. The summed E-state index contributed by atoms with van der Waals surface area (Å²) in [6.45, 7) is 0. The fourth-order valence-corrected chi connectivity index (χ4v) is 5.69. The summed E-state index contributed by atoms with van der Waals surface area (Å²) in [4.78, 5) is 23.3. The maximum absolute atomic E-state index is 12.4. The van der Waals surface area contributed by atoms with E-state index >= 15 is 0 Å². The van der Waals surface area contributed by atoms with Gasteiger partial charge in [0.1, 0.15) is 16.2 Å². The Morgan fingerprint density at radius 1 is 1.06 bits per heavy atom. The normalized spacial score (nSPS) is 11.7. The second-order valence-corrected chi connectivity index (χ2v) is 11.2. The number of thioether (sulfide) groups is 1. The molecule has 0 atom stereocenters. The first-order chi connectivity index (χ1) is 15.3. The number of benzene rings is 2. The summed E-state index contributed by atoms with van der Waals surface area (Å²) < 4.78 is 25.4. The predicted molar refractivity (Wildman–Crippen MR) is 130 cm³/mol. The van der Waals surface area contributed by atoms with Gasteiger partial charge >= 0.3 is 0 Å². The highest BCUT2D eigenvalue weighted by Crippen LogP contribution is 2.36. The molecule has 0 fully saturated rings. The van der Waals surface area contributed by atoms with Crippen LogP contribution in [0.1, 0.15) is 0 Å². The van der Waals surface area contributed by atoms with Crippen molar-refractivity contribution in [2.45, 2.75) is 9.92 Å². The van der Waals surface area contributed by atoms with Crippen LogP contribution in [0.4, 0.5) is 5.69 Å². The molecule has 2 aromatic carbocycles. The van der Waals surface area contributed by atoms with Crippen LogP contribution < -0.4 is 5.32 Å². The number of nitrogens with one attached hydrogen (secondary N) is 1. The van der Waals surface area contributed by atoms with Crippen molar-refractivity contribution in [3.8, 4) is 10.4 Å². The highest BCUT2D eigenvalue weighted by atomic mass is 32.2. The third-order valence-corrected chi connectivity index (χ3v) is 8.53. The Morgan fingerprint density at radius 3 is 2.47 bits per heavy atom. The van der Waals surface area contributed by atoms with E-state index in [4.69, 9.17) is 0 Å². The van der Waals surface area contributed by atoms with Gasteiger partial charge in [-0.2, -0.15) is 0 Å². The lowest BCUT2D eigenvalue weighted by molar-refractivity contribution is -0.113. The van der Waals surface area contributed by atoms with Crippen molar-refractivity contribution in [3.63, 3.8) is 0 Å². The van der Waals surface area contributed by atoms with Crippen LogP contribution in [0.3, 0.4) is 0 Å². The van der Waals surface area contributed by atoms with E-state index in [9.17, 15) is 13.2 Å². The lowest BCUT2D eigenvalue weighted by Crippen LogP contribution is -2.22. The van der Waals surface area contributed by atoms with Crippen molar-refractivity contribution < 1.29 is 13.2 Å². The zero-order valence-electron chi connectivity index (χ0n) is 17.3. The first-order valence-corrected chi connectivity index (χ1v) is 12.8. The number of thiophene rings is 1. The van der Waals surface area contributed by atoms with Crippen molar-refractivity contribution in [1.82, 2.24) is 14.3 Å². The van der Waals surface area contributed by atoms with E-state index in [1.54, 1.807) is 23.5 Å². The molecule has 7 nitrogen and oxygen atoms in total. The Kier molecular flexibility index (Phi) is 6.56. The van der Waals surface area contributed by atoms with Gasteiger partial charge in [-0.05, 0) is 35.9 Å². The molecular weight excluding hydrogens is 464 g/mol. The first-order valence-electron chi connectivity index (χ1n) is 9.60. The van der Waals surface area contributed by atoms with Gasteiger partial charge in [-0.1, -0.05) is 42.1 Å². The monoisotopic (exact) mass is 484 g/mol. The Labute approximate surface area is 194 Å². The SMILES string of the molecule is CN(C)S(=O)(=O)c1ccc(NC(=O)CSc2ncnc3sc(-c4ccccc4)cc23)cc1. The number of aromatic nitrogens is 2. The molecule has 0 unspecified atom stereocenters. The van der Waals surface area contributed by atoms with Crippen LogP contribution in [0, 0.1) is 0 Å². The highest BCUT2D eigenvalue weighted by Gasteiger charge is 2.17. The molecule has 0 saturated carbocycles. The maximum atomic E-state index is 12.4. The van der Waals surface area contributed by atoms with Crippen molar-refractivity contribution in [2.24, 2.45) is 0 Å². The number of rotatable bonds is 7. The zero-order chi connectivity index (χ0) is 22.7. The van der Waals surface area contributed by atoms with Crippen molar-refractivity contribution in [3.05, 3.63) is 67.0 Å². The van der Waals surface area contributed by atoms with Gasteiger partial charge in [-0.3, -0.25) is 4.79 Å². The van der Waals surface area contributed by atoms with Crippen LogP contribution in [-0.4, -0.2) is 48.4 Å². The minimum atomic E-state index is -3.50. The topological polar surface area (TPSA) is 92.3 Å². The molecule has 0 spiro atoms. The number of amides is 1. The molecule has 10 heteroatoms. The molecule has 0 aliphatic heterocycles. The summed E-state index contributed by atoms with van der Waals surface area (Å²) in [7, 11) is -0.554. The number of nitrogens with zero attached hydrogens (tertiary/aromatic N) is 3. The number of hydrogen-bond acceptors (Lipinski definition) is 7. The van der Waals surface area contributed by atoms with Crippen LogP contribution in [0.2, 0.25) is 0 Å². The Bertz CT molecular complexity index is 1350. The molecule has 0 aliphatic carbocycles. The Hall–Kier alpha value is -2.79. The van der Waals surface area contributed by atoms with Crippen LogP contribution >= 0.6 is 23.1 Å². The maximum Gasteiger partial charge on any atom is 0.242 e. The van der Waals surface area contributed by atoms with Crippen LogP contribution in [0.25, 0.3) is 20.7 Å². The summed E-state index contributed by atoms with van der Waals surface area (Å²) in [6, 6.07) is 18.2. The van der Waals surface area contributed by atoms with Gasteiger partial charge in [0.15, 0.2) is 0 Å². The summed E-state index contributed by atoms with van der Waals surface area (Å²) in [5.41, 5.74) is 1.65. The lowest BCUT2D eigenvalue weighted by atomic mass is 10.2. The van der Waals surface area contributed by atoms with Gasteiger partial charge in [-0.25, -0.2) is 22.7 Å². The molecular formula is C22H20N4O3S3. The fourth-order valence-electron chi connectivity index (χ4n) is 2.95. The molecule has 2 aromatic heterocycles. The molecule has 1 amide bonds. The predicted octanol–water partition coefficient (Wildman–Crippen LogP) is 4.34. The number of carbonyl (C=O) groups excluding carboxylic acids is 1. The van der Waals surface area contributed by atoms with Crippen molar-refractivity contribution >= 4 is 54.9 Å².